The number of nitrogens with zero attached hydrogens (tertiary/aromatic N) is 3. The van der Waals surface area contributed by atoms with Gasteiger partial charge in [0.25, 0.3) is 0 Å². The summed E-state index contributed by atoms with van der Waals surface area (Å²) < 4.78 is 1.15. The maximum atomic E-state index is 11.1. The normalized spacial score (nSPS) is 12.9. The third-order valence-corrected chi connectivity index (χ3v) is 5.97. The minimum atomic E-state index is -0.956. The molecule has 0 amide bonds. The number of carboxylic acid groups (broad SMARTS) is 1. The van der Waals surface area contributed by atoms with Crippen LogP contribution in [0.5, 0.6) is 0 Å². The second-order valence-electron chi connectivity index (χ2n) is 4.63. The first-order valence-corrected chi connectivity index (χ1v) is 8.58. The fourth-order valence-electron chi connectivity index (χ4n) is 2.11. The van der Waals surface area contributed by atoms with Gasteiger partial charge in [-0.25, -0.2) is 0 Å². The van der Waals surface area contributed by atoms with Crippen molar-refractivity contribution < 1.29 is 9.90 Å². The molecule has 2 rings (SSSR count). The molecule has 0 aliphatic carbocycles. The van der Waals surface area contributed by atoms with E-state index in [4.69, 9.17) is 10.6 Å². The second-order valence-corrected chi connectivity index (χ2v) is 7.18. The maximum absolute atomic E-state index is 11.1. The van der Waals surface area contributed by atoms with Crippen molar-refractivity contribution in [3.8, 4) is 0 Å². The molecule has 0 radical (unpaired) electrons. The van der Waals surface area contributed by atoms with Crippen molar-refractivity contribution in [3.05, 3.63) is 76.7 Å². The predicted octanol–water partition coefficient (Wildman–Crippen LogP) is 2.91. The van der Waals surface area contributed by atoms with Gasteiger partial charge in [-0.3, -0.25) is 0 Å². The van der Waals surface area contributed by atoms with Crippen LogP contribution in [0.3, 0.4) is 0 Å². The van der Waals surface area contributed by atoms with Crippen molar-refractivity contribution in [3.63, 3.8) is 0 Å². The van der Waals surface area contributed by atoms with Crippen molar-refractivity contribution in [2.75, 3.05) is 0 Å². The van der Waals surface area contributed by atoms with Gasteiger partial charge in [0.1, 0.15) is 0 Å². The Morgan fingerprint density at radius 1 is 1.14 bits per heavy atom. The van der Waals surface area contributed by atoms with Gasteiger partial charge in [-0.1, -0.05) is 0 Å². The Kier molecular flexibility index (Phi) is 6.04. The SMILES string of the molecule is [N-]=[N+]=NC(CC(=O)O)C([Se]c1ccccc1)c1ccccc1. The molecule has 0 bridgehead atoms. The van der Waals surface area contributed by atoms with E-state index < -0.39 is 12.0 Å². The van der Waals surface area contributed by atoms with Crippen LogP contribution in [-0.2, 0) is 4.79 Å². The van der Waals surface area contributed by atoms with E-state index in [1.54, 1.807) is 0 Å². The Bertz CT molecular complexity index is 658. The van der Waals surface area contributed by atoms with E-state index in [0.29, 0.717) is 0 Å². The summed E-state index contributed by atoms with van der Waals surface area (Å²) in [6, 6.07) is 19.0. The molecule has 5 nitrogen and oxygen atoms in total. The first-order chi connectivity index (χ1) is 10.7. The van der Waals surface area contributed by atoms with Crippen molar-refractivity contribution in [1.82, 2.24) is 0 Å². The van der Waals surface area contributed by atoms with Gasteiger partial charge in [0.05, 0.1) is 0 Å². The zero-order chi connectivity index (χ0) is 15.8. The standard InChI is InChI=1S/C16H15N3O2Se/c17-19-18-14(11-15(20)21)16(12-7-3-1-4-8-12)22-13-9-5-2-6-10-13/h1-10,14,16H,11H2,(H,20,21). The predicted molar refractivity (Wildman–Crippen MR) is 86.2 cm³/mol. The average molecular weight is 360 g/mol. The van der Waals surface area contributed by atoms with Gasteiger partial charge in [-0.2, -0.15) is 0 Å². The molecule has 22 heavy (non-hydrogen) atoms. The minimum absolute atomic E-state index is 0.0308. The summed E-state index contributed by atoms with van der Waals surface area (Å²) in [7, 11) is 0. The van der Waals surface area contributed by atoms with Gasteiger partial charge in [0.2, 0.25) is 0 Å². The van der Waals surface area contributed by atoms with Gasteiger partial charge < -0.3 is 0 Å². The second kappa shape index (κ2) is 8.25. The third kappa shape index (κ3) is 4.64. The molecule has 2 atom stereocenters. The third-order valence-electron chi connectivity index (χ3n) is 3.07. The number of carboxylic acids is 1. The number of aliphatic carboxylic acids is 1. The van der Waals surface area contributed by atoms with E-state index in [9.17, 15) is 4.79 Å². The molecule has 112 valence electrons. The summed E-state index contributed by atoms with van der Waals surface area (Å²) >= 11 is -0.0308. The molecule has 2 unspecified atom stereocenters. The Morgan fingerprint density at radius 3 is 2.27 bits per heavy atom. The van der Waals surface area contributed by atoms with Gasteiger partial charge in [-0.15, -0.1) is 0 Å². The molecule has 0 saturated heterocycles. The molecule has 0 heterocycles. The Hall–Kier alpha value is -2.26. The van der Waals surface area contributed by atoms with Crippen LogP contribution in [0.15, 0.2) is 65.8 Å². The summed E-state index contributed by atoms with van der Waals surface area (Å²) in [4.78, 5) is 13.8. The number of hydrogen-bond acceptors (Lipinski definition) is 2. The number of rotatable bonds is 7. The first kappa shape index (κ1) is 16.1. The average Bonchev–Trinajstić information content (AvgIpc) is 2.54. The zero-order valence-electron chi connectivity index (χ0n) is 11.7. The quantitative estimate of drug-likeness (QED) is 0.356. The van der Waals surface area contributed by atoms with Gasteiger partial charge in [0, 0.05) is 0 Å². The molecule has 2 aromatic carbocycles. The van der Waals surface area contributed by atoms with E-state index in [-0.39, 0.29) is 26.2 Å². The molecule has 6 heteroatoms. The van der Waals surface area contributed by atoms with Gasteiger partial charge >= 0.3 is 134 Å². The fraction of sp³-hybridized carbons (Fsp3) is 0.188. The number of azide groups is 1. The number of hydrogen-bond donors (Lipinski definition) is 1. The van der Waals surface area contributed by atoms with Crippen LogP contribution < -0.4 is 4.46 Å². The van der Waals surface area contributed by atoms with Crippen LogP contribution in [0, 0.1) is 0 Å². The molecule has 0 spiro atoms. The summed E-state index contributed by atoms with van der Waals surface area (Å²) in [5, 5.41) is 12.8. The van der Waals surface area contributed by atoms with E-state index in [1.165, 1.54) is 0 Å². The van der Waals surface area contributed by atoms with Crippen LogP contribution in [0.1, 0.15) is 16.8 Å². The summed E-state index contributed by atoms with van der Waals surface area (Å²) in [5.41, 5.74) is 9.79. The van der Waals surface area contributed by atoms with E-state index in [0.717, 1.165) is 10.0 Å². The molecule has 0 fully saturated rings. The molecule has 1 N–H and O–H groups in total. The molecule has 2 aromatic rings. The summed E-state index contributed by atoms with van der Waals surface area (Å²) in [6.07, 6.45) is -0.168. The first-order valence-electron chi connectivity index (χ1n) is 6.73. The topological polar surface area (TPSA) is 86.1 Å². The summed E-state index contributed by atoms with van der Waals surface area (Å²) in [6.45, 7) is 0. The van der Waals surface area contributed by atoms with Crippen LogP contribution in [0.4, 0.5) is 0 Å². The molecular formula is C16H15N3O2Se. The monoisotopic (exact) mass is 361 g/mol. The van der Waals surface area contributed by atoms with Crippen LogP contribution in [-0.4, -0.2) is 32.1 Å². The fourth-order valence-corrected chi connectivity index (χ4v) is 4.65. The Morgan fingerprint density at radius 2 is 1.73 bits per heavy atom. The Labute approximate surface area is 134 Å². The Balaban J connectivity index is 2.35. The molecular weight excluding hydrogens is 345 g/mol. The van der Waals surface area contributed by atoms with E-state index >= 15 is 0 Å². The summed E-state index contributed by atoms with van der Waals surface area (Å²) in [5.74, 6) is -0.956. The van der Waals surface area contributed by atoms with Crippen LogP contribution in [0.25, 0.3) is 10.4 Å². The number of benzene rings is 2. The van der Waals surface area contributed by atoms with Gasteiger partial charge in [0.15, 0.2) is 0 Å². The molecule has 0 aliphatic heterocycles. The van der Waals surface area contributed by atoms with Crippen LogP contribution >= 0.6 is 0 Å². The van der Waals surface area contributed by atoms with Crippen molar-refractivity contribution in [2.24, 2.45) is 5.11 Å². The van der Waals surface area contributed by atoms with E-state index in [1.807, 2.05) is 60.7 Å². The van der Waals surface area contributed by atoms with Crippen molar-refractivity contribution in [1.29, 1.82) is 0 Å². The van der Waals surface area contributed by atoms with Crippen molar-refractivity contribution >= 4 is 25.4 Å². The van der Waals surface area contributed by atoms with Gasteiger partial charge in [-0.05, 0) is 0 Å². The van der Waals surface area contributed by atoms with Crippen molar-refractivity contribution in [2.45, 2.75) is 17.3 Å². The zero-order valence-corrected chi connectivity index (χ0v) is 13.5. The molecule has 0 aliphatic rings. The molecule has 0 saturated carbocycles. The molecule has 0 aromatic heterocycles. The number of carbonyl (C=O) groups is 1. The van der Waals surface area contributed by atoms with Crippen LogP contribution in [0.2, 0.25) is 0 Å². The van der Waals surface area contributed by atoms with E-state index in [2.05, 4.69) is 10.0 Å².